The molecule has 2 aromatic rings. The van der Waals surface area contributed by atoms with Gasteiger partial charge in [-0.15, -0.1) is 0 Å². The molecule has 0 amide bonds. The minimum atomic E-state index is -0.250. The first-order valence-electron chi connectivity index (χ1n) is 11.7. The summed E-state index contributed by atoms with van der Waals surface area (Å²) in [5.41, 5.74) is 3.94. The van der Waals surface area contributed by atoms with E-state index in [1.54, 1.807) is 0 Å². The zero-order valence-corrected chi connectivity index (χ0v) is 18.7. The standard InChI is InChI=1S/C24H32N4O.CH2O2/c1-2-5-20(6-3-1)21-10-8-19(9-11-21)17-28-23(18-27-13-15-29-16-14-27)26-22-7-4-12-25-24(22)28;2-1-3/h4,7-11,20,25H,1-3,5-6,12-18H2;1H,(H,2,3). The Hall–Kier alpha value is -2.64. The molecule has 0 unspecified atom stereocenters. The number of fused-ring (bicyclic) bond motifs is 1. The van der Waals surface area contributed by atoms with E-state index in [1.165, 1.54) is 43.2 Å². The second-order valence-electron chi connectivity index (χ2n) is 8.70. The van der Waals surface area contributed by atoms with Crippen molar-refractivity contribution in [1.29, 1.82) is 0 Å². The fourth-order valence-electron chi connectivity index (χ4n) is 4.91. The Morgan fingerprint density at radius 2 is 1.81 bits per heavy atom. The highest BCUT2D eigenvalue weighted by atomic mass is 16.5. The monoisotopic (exact) mass is 438 g/mol. The van der Waals surface area contributed by atoms with Gasteiger partial charge < -0.3 is 19.7 Å². The molecule has 1 saturated carbocycles. The number of carboxylic acid groups (broad SMARTS) is 1. The maximum Gasteiger partial charge on any atom is 0.290 e. The van der Waals surface area contributed by atoms with Crippen LogP contribution in [0, 0.1) is 0 Å². The van der Waals surface area contributed by atoms with Crippen LogP contribution in [0.15, 0.2) is 30.3 Å². The largest absolute Gasteiger partial charge is 0.483 e. The zero-order valence-electron chi connectivity index (χ0n) is 18.7. The van der Waals surface area contributed by atoms with E-state index in [-0.39, 0.29) is 6.47 Å². The molecular formula is C25H34N4O3. The highest BCUT2D eigenvalue weighted by Gasteiger charge is 2.21. The van der Waals surface area contributed by atoms with Crippen molar-refractivity contribution in [3.05, 3.63) is 53.0 Å². The van der Waals surface area contributed by atoms with Gasteiger partial charge in [0, 0.05) is 19.6 Å². The van der Waals surface area contributed by atoms with Crippen LogP contribution >= 0.6 is 0 Å². The van der Waals surface area contributed by atoms with Crippen LogP contribution in [0.3, 0.4) is 0 Å². The van der Waals surface area contributed by atoms with Gasteiger partial charge in [-0.05, 0) is 36.0 Å². The van der Waals surface area contributed by atoms with Crippen LogP contribution in [0.2, 0.25) is 0 Å². The second kappa shape index (κ2) is 11.3. The van der Waals surface area contributed by atoms with Gasteiger partial charge in [-0.25, -0.2) is 4.98 Å². The van der Waals surface area contributed by atoms with Crippen molar-refractivity contribution < 1.29 is 14.6 Å². The maximum atomic E-state index is 8.36. The fourth-order valence-corrected chi connectivity index (χ4v) is 4.91. The van der Waals surface area contributed by atoms with Gasteiger partial charge in [-0.2, -0.15) is 0 Å². The molecule has 5 rings (SSSR count). The molecule has 32 heavy (non-hydrogen) atoms. The summed E-state index contributed by atoms with van der Waals surface area (Å²) in [7, 11) is 0. The molecule has 0 atom stereocenters. The van der Waals surface area contributed by atoms with E-state index in [4.69, 9.17) is 19.6 Å². The van der Waals surface area contributed by atoms with Crippen LogP contribution in [-0.2, 0) is 22.6 Å². The Balaban J connectivity index is 0.000000775. The molecule has 0 bridgehead atoms. The Labute approximate surface area is 190 Å². The van der Waals surface area contributed by atoms with Crippen LogP contribution < -0.4 is 5.32 Å². The third-order valence-electron chi connectivity index (χ3n) is 6.60. The third kappa shape index (κ3) is 5.58. The van der Waals surface area contributed by atoms with Crippen LogP contribution in [0.4, 0.5) is 5.82 Å². The molecule has 7 heteroatoms. The predicted molar refractivity (Wildman–Crippen MR) is 126 cm³/mol. The summed E-state index contributed by atoms with van der Waals surface area (Å²) in [6.07, 6.45) is 11.2. The smallest absolute Gasteiger partial charge is 0.290 e. The lowest BCUT2D eigenvalue weighted by molar-refractivity contribution is -0.122. The van der Waals surface area contributed by atoms with Crippen molar-refractivity contribution in [2.45, 2.75) is 51.1 Å². The summed E-state index contributed by atoms with van der Waals surface area (Å²) in [5, 5.41) is 10.4. The first-order chi connectivity index (χ1) is 15.8. The summed E-state index contributed by atoms with van der Waals surface area (Å²) in [5.74, 6) is 3.07. The van der Waals surface area contributed by atoms with Crippen molar-refractivity contribution >= 4 is 18.4 Å². The molecular weight excluding hydrogens is 404 g/mol. The van der Waals surface area contributed by atoms with Crippen molar-refractivity contribution in [3.63, 3.8) is 0 Å². The number of nitrogens with one attached hydrogen (secondary N) is 1. The molecule has 2 aliphatic heterocycles. The number of rotatable bonds is 5. The molecule has 3 aliphatic rings. The number of morpholine rings is 1. The zero-order chi connectivity index (χ0) is 22.2. The first-order valence-corrected chi connectivity index (χ1v) is 11.7. The van der Waals surface area contributed by atoms with Gasteiger partial charge >= 0.3 is 0 Å². The van der Waals surface area contributed by atoms with E-state index in [9.17, 15) is 0 Å². The van der Waals surface area contributed by atoms with Gasteiger partial charge in [0.1, 0.15) is 17.3 Å². The fraction of sp³-hybridized carbons (Fsp3) is 0.520. The Morgan fingerprint density at radius 3 is 2.53 bits per heavy atom. The lowest BCUT2D eigenvalue weighted by atomic mass is 9.84. The van der Waals surface area contributed by atoms with E-state index >= 15 is 0 Å². The average Bonchev–Trinajstić information content (AvgIpc) is 3.18. The van der Waals surface area contributed by atoms with Gasteiger partial charge in [0.05, 0.1) is 26.3 Å². The number of benzene rings is 1. The summed E-state index contributed by atoms with van der Waals surface area (Å²) >= 11 is 0. The lowest BCUT2D eigenvalue weighted by Gasteiger charge is -2.26. The molecule has 172 valence electrons. The van der Waals surface area contributed by atoms with Crippen LogP contribution in [0.25, 0.3) is 6.08 Å². The number of imidazole rings is 1. The molecule has 2 N–H and O–H groups in total. The van der Waals surface area contributed by atoms with Gasteiger partial charge in [0.25, 0.3) is 6.47 Å². The Kier molecular flexibility index (Phi) is 7.96. The minimum absolute atomic E-state index is 0.250. The SMILES string of the molecule is C1=Cc2nc(CN3CCOCC3)n(Cc3ccc(C4CCCCC4)cc3)c2NC1.O=CO. The molecule has 0 radical (unpaired) electrons. The predicted octanol–water partition coefficient (Wildman–Crippen LogP) is 3.95. The first kappa shape index (κ1) is 22.6. The van der Waals surface area contributed by atoms with Gasteiger partial charge in [-0.3, -0.25) is 9.69 Å². The number of nitrogens with zero attached hydrogens (tertiary/aromatic N) is 3. The molecule has 3 heterocycles. The van der Waals surface area contributed by atoms with Crippen LogP contribution in [0.1, 0.15) is 60.7 Å². The molecule has 1 aromatic heterocycles. The van der Waals surface area contributed by atoms with Crippen molar-refractivity contribution in [3.8, 4) is 0 Å². The topological polar surface area (TPSA) is 79.6 Å². The Bertz CT molecular complexity index is 895. The average molecular weight is 439 g/mol. The van der Waals surface area contributed by atoms with Gasteiger partial charge in [0.15, 0.2) is 0 Å². The molecule has 0 spiro atoms. The molecule has 2 fully saturated rings. The molecule has 7 nitrogen and oxygen atoms in total. The number of hydrogen-bond acceptors (Lipinski definition) is 5. The maximum absolute atomic E-state index is 8.36. The van der Waals surface area contributed by atoms with E-state index in [0.717, 1.165) is 69.2 Å². The van der Waals surface area contributed by atoms with Crippen molar-refractivity contribution in [2.75, 3.05) is 38.2 Å². The number of hydrogen-bond donors (Lipinski definition) is 2. The summed E-state index contributed by atoms with van der Waals surface area (Å²) in [6, 6.07) is 9.38. The summed E-state index contributed by atoms with van der Waals surface area (Å²) < 4.78 is 7.89. The highest BCUT2D eigenvalue weighted by molar-refractivity contribution is 5.65. The van der Waals surface area contributed by atoms with Gasteiger partial charge in [0.2, 0.25) is 0 Å². The highest BCUT2D eigenvalue weighted by Crippen LogP contribution is 2.33. The lowest BCUT2D eigenvalue weighted by Crippen LogP contribution is -2.36. The Morgan fingerprint density at radius 1 is 1.09 bits per heavy atom. The second-order valence-corrected chi connectivity index (χ2v) is 8.70. The molecule has 1 saturated heterocycles. The number of carbonyl (C=O) groups is 1. The van der Waals surface area contributed by atoms with Crippen LogP contribution in [0.5, 0.6) is 0 Å². The van der Waals surface area contributed by atoms with E-state index < -0.39 is 0 Å². The normalized spacial score (nSPS) is 18.9. The van der Waals surface area contributed by atoms with E-state index in [1.807, 2.05) is 0 Å². The summed E-state index contributed by atoms with van der Waals surface area (Å²) in [6.45, 7) is 5.98. The summed E-state index contributed by atoms with van der Waals surface area (Å²) in [4.78, 5) is 15.8. The number of ether oxygens (including phenoxy) is 1. The number of anilines is 1. The minimum Gasteiger partial charge on any atom is -0.483 e. The van der Waals surface area contributed by atoms with Crippen molar-refractivity contribution in [1.82, 2.24) is 14.5 Å². The van der Waals surface area contributed by atoms with Crippen molar-refractivity contribution in [2.24, 2.45) is 0 Å². The van der Waals surface area contributed by atoms with Gasteiger partial charge in [-0.1, -0.05) is 49.6 Å². The van der Waals surface area contributed by atoms with Crippen LogP contribution in [-0.4, -0.2) is 58.9 Å². The van der Waals surface area contributed by atoms with E-state index in [0.29, 0.717) is 0 Å². The molecule has 1 aromatic carbocycles. The molecule has 1 aliphatic carbocycles. The number of aromatic nitrogens is 2. The van der Waals surface area contributed by atoms with E-state index in [2.05, 4.69) is 51.2 Å². The third-order valence-corrected chi connectivity index (χ3v) is 6.60. The quantitative estimate of drug-likeness (QED) is 0.688.